The van der Waals surface area contributed by atoms with Crippen LogP contribution in [0.15, 0.2) is 61.2 Å². The predicted octanol–water partition coefficient (Wildman–Crippen LogP) is 4.14. The zero-order valence-corrected chi connectivity index (χ0v) is 18.9. The quantitative estimate of drug-likeness (QED) is 0.289. The van der Waals surface area contributed by atoms with Crippen molar-refractivity contribution in [2.24, 2.45) is 0 Å². The van der Waals surface area contributed by atoms with Crippen molar-refractivity contribution in [2.75, 3.05) is 13.9 Å². The molecule has 0 fully saturated rings. The smallest absolute Gasteiger partial charge is 0.310 e. The van der Waals surface area contributed by atoms with Gasteiger partial charge in [0.25, 0.3) is 0 Å². The molecule has 0 bridgehead atoms. The Balaban J connectivity index is 1.44. The first-order valence-corrected chi connectivity index (χ1v) is 10.7. The Kier molecular flexibility index (Phi) is 6.01. The largest absolute Gasteiger partial charge is 0.469 e. The van der Waals surface area contributed by atoms with Gasteiger partial charge >= 0.3 is 5.97 Å². The van der Waals surface area contributed by atoms with Gasteiger partial charge in [-0.1, -0.05) is 17.7 Å². The molecule has 0 aliphatic carbocycles. The number of carbonyl (C=O) groups is 1. The van der Waals surface area contributed by atoms with Gasteiger partial charge in [-0.2, -0.15) is 4.98 Å². The fourth-order valence-electron chi connectivity index (χ4n) is 3.45. The Bertz CT molecular complexity index is 1330. The van der Waals surface area contributed by atoms with Crippen molar-refractivity contribution < 1.29 is 23.7 Å². The summed E-state index contributed by atoms with van der Waals surface area (Å²) < 4.78 is 23.5. The van der Waals surface area contributed by atoms with Crippen molar-refractivity contribution in [3.8, 4) is 28.8 Å². The van der Waals surface area contributed by atoms with E-state index in [0.29, 0.717) is 35.1 Å². The maximum atomic E-state index is 12.0. The van der Waals surface area contributed by atoms with Crippen molar-refractivity contribution in [2.45, 2.75) is 12.8 Å². The third kappa shape index (κ3) is 4.65. The highest BCUT2D eigenvalue weighted by molar-refractivity contribution is 6.30. The molecule has 0 spiro atoms. The van der Waals surface area contributed by atoms with Crippen LogP contribution >= 0.6 is 11.6 Å². The van der Waals surface area contributed by atoms with Crippen LogP contribution in [0.1, 0.15) is 17.0 Å². The minimum Gasteiger partial charge on any atom is -0.469 e. The van der Waals surface area contributed by atoms with Crippen LogP contribution in [0.25, 0.3) is 5.69 Å². The number of hydrogen-bond acceptors (Lipinski definition) is 8. The number of nitrogens with zero attached hydrogens (tertiary/aromatic N) is 4. The molecule has 3 heterocycles. The average molecular weight is 479 g/mol. The molecule has 2 aromatic heterocycles. The number of carbonyl (C=O) groups excluding carboxylic acids is 1. The number of ether oxygens (including phenoxy) is 4. The van der Waals surface area contributed by atoms with Crippen LogP contribution in [0.3, 0.4) is 0 Å². The van der Waals surface area contributed by atoms with Crippen LogP contribution in [0.2, 0.25) is 5.15 Å². The van der Waals surface area contributed by atoms with E-state index >= 15 is 0 Å². The predicted molar refractivity (Wildman–Crippen MR) is 122 cm³/mol. The molecule has 9 nitrogen and oxygen atoms in total. The van der Waals surface area contributed by atoms with Crippen molar-refractivity contribution in [1.29, 1.82) is 0 Å². The molecule has 0 unspecified atom stereocenters. The van der Waals surface area contributed by atoms with E-state index in [0.717, 1.165) is 11.3 Å². The summed E-state index contributed by atoms with van der Waals surface area (Å²) in [6, 6.07) is 13.0. The Morgan fingerprint density at radius 1 is 1.12 bits per heavy atom. The van der Waals surface area contributed by atoms with E-state index in [1.54, 1.807) is 24.7 Å². The van der Waals surface area contributed by atoms with E-state index in [9.17, 15) is 4.79 Å². The molecule has 2 aromatic carbocycles. The Hall–Kier alpha value is -4.11. The first kappa shape index (κ1) is 21.7. The third-order valence-corrected chi connectivity index (χ3v) is 5.48. The summed E-state index contributed by atoms with van der Waals surface area (Å²) in [5, 5.41) is 0.126. The molecule has 34 heavy (non-hydrogen) atoms. The monoisotopic (exact) mass is 478 g/mol. The van der Waals surface area contributed by atoms with Gasteiger partial charge in [-0.3, -0.25) is 4.79 Å². The molecule has 0 saturated heterocycles. The van der Waals surface area contributed by atoms with Gasteiger partial charge in [0.1, 0.15) is 16.7 Å². The van der Waals surface area contributed by atoms with Crippen LogP contribution < -0.4 is 14.2 Å². The summed E-state index contributed by atoms with van der Waals surface area (Å²) in [7, 11) is 1.31. The maximum absolute atomic E-state index is 12.0. The molecule has 1 aliphatic heterocycles. The number of aromatic nitrogens is 4. The van der Waals surface area contributed by atoms with E-state index in [4.69, 9.17) is 30.5 Å². The van der Waals surface area contributed by atoms with Crippen LogP contribution in [-0.4, -0.2) is 39.4 Å². The molecule has 0 N–H and O–H groups in total. The number of fused-ring (bicyclic) bond motifs is 1. The van der Waals surface area contributed by atoms with E-state index in [1.165, 1.54) is 7.11 Å². The lowest BCUT2D eigenvalue weighted by atomic mass is 10.1. The molecule has 5 rings (SSSR count). The summed E-state index contributed by atoms with van der Waals surface area (Å²) in [4.78, 5) is 25.0. The number of benzene rings is 2. The fourth-order valence-corrected chi connectivity index (χ4v) is 3.70. The van der Waals surface area contributed by atoms with E-state index in [1.807, 2.05) is 41.1 Å². The summed E-state index contributed by atoms with van der Waals surface area (Å²) in [5.41, 5.74) is 2.18. The lowest BCUT2D eigenvalue weighted by Gasteiger charge is -2.13. The minimum absolute atomic E-state index is 0.123. The number of imidazole rings is 1. The van der Waals surface area contributed by atoms with Gasteiger partial charge in [0.05, 0.1) is 25.4 Å². The lowest BCUT2D eigenvalue weighted by Crippen LogP contribution is -2.10. The Labute approximate surface area is 199 Å². The average Bonchev–Trinajstić information content (AvgIpc) is 3.54. The highest BCUT2D eigenvalue weighted by Crippen LogP contribution is 2.34. The van der Waals surface area contributed by atoms with Crippen molar-refractivity contribution in [3.05, 3.63) is 83.3 Å². The maximum Gasteiger partial charge on any atom is 0.310 e. The number of rotatable bonds is 7. The van der Waals surface area contributed by atoms with E-state index in [2.05, 4.69) is 15.0 Å². The second-order valence-electron chi connectivity index (χ2n) is 7.40. The van der Waals surface area contributed by atoms with Gasteiger partial charge in [0.15, 0.2) is 11.5 Å². The number of hydrogen-bond donors (Lipinski definition) is 0. The highest BCUT2D eigenvalue weighted by atomic mass is 35.5. The Morgan fingerprint density at radius 2 is 1.94 bits per heavy atom. The molecular weight excluding hydrogens is 460 g/mol. The summed E-state index contributed by atoms with van der Waals surface area (Å²) in [5.74, 6) is 2.03. The first-order valence-electron chi connectivity index (χ1n) is 10.4. The molecule has 4 aromatic rings. The second kappa shape index (κ2) is 9.40. The van der Waals surface area contributed by atoms with Gasteiger partial charge in [0, 0.05) is 24.5 Å². The van der Waals surface area contributed by atoms with Gasteiger partial charge in [-0.25, -0.2) is 9.97 Å². The van der Waals surface area contributed by atoms with Crippen molar-refractivity contribution in [3.63, 3.8) is 0 Å². The molecule has 0 amide bonds. The zero-order valence-electron chi connectivity index (χ0n) is 18.1. The summed E-state index contributed by atoms with van der Waals surface area (Å²) >= 11 is 6.46. The topological polar surface area (TPSA) is 97.6 Å². The minimum atomic E-state index is -0.477. The van der Waals surface area contributed by atoms with Gasteiger partial charge in [-0.05, 0) is 42.0 Å². The van der Waals surface area contributed by atoms with Crippen molar-refractivity contribution >= 4 is 17.6 Å². The molecular formula is C24H19ClN4O5. The fraction of sp³-hybridized carbons (Fsp3) is 0.167. The standard InChI is InChI=1S/C24H19ClN4O5/c1-31-22(30)12-18-23(25)27-21(11-15-2-7-19-20(10-15)33-14-32-19)28-24(18)34-17-5-3-16(4-6-17)29-9-8-26-13-29/h2-10,13H,11-12,14H2,1H3. The first-order chi connectivity index (χ1) is 16.6. The van der Waals surface area contributed by atoms with Gasteiger partial charge in [0.2, 0.25) is 12.7 Å². The molecule has 0 saturated carbocycles. The molecule has 0 atom stereocenters. The van der Waals surface area contributed by atoms with Crippen LogP contribution in [0, 0.1) is 0 Å². The van der Waals surface area contributed by atoms with Crippen LogP contribution in [0.4, 0.5) is 0 Å². The molecule has 1 aliphatic rings. The SMILES string of the molecule is COC(=O)Cc1c(Cl)nc(Cc2ccc3c(c2)OCO3)nc1Oc1ccc(-n2ccnc2)cc1. The summed E-state index contributed by atoms with van der Waals surface area (Å²) in [6.45, 7) is 0.195. The van der Waals surface area contributed by atoms with Crippen LogP contribution in [-0.2, 0) is 22.4 Å². The summed E-state index contributed by atoms with van der Waals surface area (Å²) in [6.07, 6.45) is 5.51. The van der Waals surface area contributed by atoms with E-state index in [-0.39, 0.29) is 24.2 Å². The zero-order chi connectivity index (χ0) is 23.5. The molecule has 172 valence electrons. The molecule has 0 radical (unpaired) electrons. The van der Waals surface area contributed by atoms with Crippen LogP contribution in [0.5, 0.6) is 23.1 Å². The number of methoxy groups -OCH3 is 1. The number of esters is 1. The Morgan fingerprint density at radius 3 is 2.71 bits per heavy atom. The normalized spacial score (nSPS) is 11.9. The van der Waals surface area contributed by atoms with Crippen molar-refractivity contribution in [1.82, 2.24) is 19.5 Å². The molecule has 10 heteroatoms. The highest BCUT2D eigenvalue weighted by Gasteiger charge is 2.20. The van der Waals surface area contributed by atoms with Gasteiger partial charge < -0.3 is 23.5 Å². The number of halogens is 1. The van der Waals surface area contributed by atoms with Gasteiger partial charge in [-0.15, -0.1) is 0 Å². The third-order valence-electron chi connectivity index (χ3n) is 5.17. The lowest BCUT2D eigenvalue weighted by molar-refractivity contribution is -0.139. The second-order valence-corrected chi connectivity index (χ2v) is 7.76. The van der Waals surface area contributed by atoms with E-state index < -0.39 is 5.97 Å².